The lowest BCUT2D eigenvalue weighted by Crippen LogP contribution is -2.43. The molecule has 1 aliphatic rings. The van der Waals surface area contributed by atoms with Crippen LogP contribution >= 0.6 is 12.4 Å². The number of halogens is 1. The Labute approximate surface area is 114 Å². The first-order valence-electron chi connectivity index (χ1n) is 6.41. The van der Waals surface area contributed by atoms with Crippen molar-refractivity contribution in [1.29, 1.82) is 0 Å². The largest absolute Gasteiger partial charge is 0.370 e. The van der Waals surface area contributed by atoms with Crippen molar-refractivity contribution in [1.82, 2.24) is 5.32 Å². The van der Waals surface area contributed by atoms with E-state index in [1.54, 1.807) is 0 Å². The third-order valence-electron chi connectivity index (χ3n) is 3.33. The average molecular weight is 278 g/mol. The SMILES string of the molecule is Cl.NC(=O)CC(N)C(=O)NCCC1CCCCC1. The summed E-state index contributed by atoms with van der Waals surface area (Å²) in [4.78, 5) is 22.1. The highest BCUT2D eigenvalue weighted by molar-refractivity contribution is 5.87. The Morgan fingerprint density at radius 1 is 1.22 bits per heavy atom. The molecule has 0 radical (unpaired) electrons. The van der Waals surface area contributed by atoms with Crippen LogP contribution < -0.4 is 16.8 Å². The molecule has 1 aliphatic carbocycles. The van der Waals surface area contributed by atoms with Gasteiger partial charge in [0.25, 0.3) is 0 Å². The number of primary amides is 1. The Kier molecular flexibility index (Phi) is 8.75. The van der Waals surface area contributed by atoms with Crippen molar-refractivity contribution in [3.8, 4) is 0 Å². The van der Waals surface area contributed by atoms with Crippen LogP contribution in [-0.4, -0.2) is 24.4 Å². The third kappa shape index (κ3) is 6.81. The van der Waals surface area contributed by atoms with Crippen molar-refractivity contribution in [2.24, 2.45) is 17.4 Å². The lowest BCUT2D eigenvalue weighted by molar-refractivity contribution is -0.126. The monoisotopic (exact) mass is 277 g/mol. The minimum absolute atomic E-state index is 0. The molecule has 2 amide bonds. The van der Waals surface area contributed by atoms with E-state index in [4.69, 9.17) is 11.5 Å². The predicted molar refractivity (Wildman–Crippen MR) is 73.2 cm³/mol. The fraction of sp³-hybridized carbons (Fsp3) is 0.833. The van der Waals surface area contributed by atoms with Gasteiger partial charge in [-0.25, -0.2) is 0 Å². The smallest absolute Gasteiger partial charge is 0.237 e. The van der Waals surface area contributed by atoms with Crippen LogP contribution in [0.3, 0.4) is 0 Å². The van der Waals surface area contributed by atoms with Crippen LogP contribution in [0.15, 0.2) is 0 Å². The summed E-state index contributed by atoms with van der Waals surface area (Å²) in [5, 5.41) is 2.76. The van der Waals surface area contributed by atoms with E-state index in [2.05, 4.69) is 5.32 Å². The van der Waals surface area contributed by atoms with Gasteiger partial charge in [-0.05, 0) is 12.3 Å². The number of carbonyl (C=O) groups is 2. The normalized spacial score (nSPS) is 17.6. The van der Waals surface area contributed by atoms with Crippen LogP contribution in [-0.2, 0) is 9.59 Å². The van der Waals surface area contributed by atoms with Crippen LogP contribution in [0.4, 0.5) is 0 Å². The number of nitrogens with one attached hydrogen (secondary N) is 1. The third-order valence-corrected chi connectivity index (χ3v) is 3.33. The van der Waals surface area contributed by atoms with Crippen molar-refractivity contribution in [2.45, 2.75) is 51.0 Å². The van der Waals surface area contributed by atoms with Gasteiger partial charge in [-0.15, -0.1) is 12.4 Å². The summed E-state index contributed by atoms with van der Waals surface area (Å²) in [6.07, 6.45) is 7.41. The highest BCUT2D eigenvalue weighted by Gasteiger charge is 2.17. The minimum Gasteiger partial charge on any atom is -0.370 e. The summed E-state index contributed by atoms with van der Waals surface area (Å²) in [6, 6.07) is -0.807. The Morgan fingerprint density at radius 2 is 1.83 bits per heavy atom. The Morgan fingerprint density at radius 3 is 2.39 bits per heavy atom. The fourth-order valence-electron chi connectivity index (χ4n) is 2.32. The maximum atomic E-state index is 11.5. The Bertz CT molecular complexity index is 268. The molecular formula is C12H24ClN3O2. The summed E-state index contributed by atoms with van der Waals surface area (Å²) in [5.74, 6) is -0.0871. The van der Waals surface area contributed by atoms with Crippen LogP contribution in [0, 0.1) is 5.92 Å². The molecule has 0 bridgehead atoms. The van der Waals surface area contributed by atoms with E-state index in [0.29, 0.717) is 6.54 Å². The summed E-state index contributed by atoms with van der Waals surface area (Å²) in [5.41, 5.74) is 10.5. The van der Waals surface area contributed by atoms with Gasteiger partial charge in [-0.3, -0.25) is 9.59 Å². The van der Waals surface area contributed by atoms with E-state index in [1.807, 2.05) is 0 Å². The molecule has 0 heterocycles. The highest BCUT2D eigenvalue weighted by atomic mass is 35.5. The molecule has 0 aromatic rings. The topological polar surface area (TPSA) is 98.2 Å². The maximum absolute atomic E-state index is 11.5. The van der Waals surface area contributed by atoms with E-state index in [9.17, 15) is 9.59 Å². The molecule has 1 rings (SSSR count). The van der Waals surface area contributed by atoms with Gasteiger partial charge in [-0.1, -0.05) is 32.1 Å². The quantitative estimate of drug-likeness (QED) is 0.666. The van der Waals surface area contributed by atoms with Gasteiger partial charge >= 0.3 is 0 Å². The van der Waals surface area contributed by atoms with Crippen molar-refractivity contribution >= 4 is 24.2 Å². The average Bonchev–Trinajstić information content (AvgIpc) is 2.29. The van der Waals surface area contributed by atoms with Gasteiger partial charge in [0.2, 0.25) is 11.8 Å². The second-order valence-corrected chi connectivity index (χ2v) is 4.86. The molecule has 106 valence electrons. The second-order valence-electron chi connectivity index (χ2n) is 4.86. The van der Waals surface area contributed by atoms with E-state index in [0.717, 1.165) is 12.3 Å². The van der Waals surface area contributed by atoms with E-state index in [-0.39, 0.29) is 24.7 Å². The Hall–Kier alpha value is -0.810. The van der Waals surface area contributed by atoms with Gasteiger partial charge in [0, 0.05) is 6.54 Å². The number of rotatable bonds is 6. The first-order valence-corrected chi connectivity index (χ1v) is 6.41. The van der Waals surface area contributed by atoms with Crippen molar-refractivity contribution in [2.75, 3.05) is 6.54 Å². The molecule has 0 spiro atoms. The standard InChI is InChI=1S/C12H23N3O2.ClH/c13-10(8-11(14)16)12(17)15-7-6-9-4-2-1-3-5-9;/h9-10H,1-8,13H2,(H2,14,16)(H,15,17);1H. The van der Waals surface area contributed by atoms with Gasteiger partial charge in [-0.2, -0.15) is 0 Å². The minimum atomic E-state index is -0.807. The molecule has 0 aromatic heterocycles. The van der Waals surface area contributed by atoms with Gasteiger partial charge in [0.05, 0.1) is 12.5 Å². The van der Waals surface area contributed by atoms with Crippen LogP contribution in [0.5, 0.6) is 0 Å². The summed E-state index contributed by atoms with van der Waals surface area (Å²) in [6.45, 7) is 0.649. The molecule has 6 heteroatoms. The molecule has 5 N–H and O–H groups in total. The molecule has 5 nitrogen and oxygen atoms in total. The van der Waals surface area contributed by atoms with Crippen molar-refractivity contribution in [3.05, 3.63) is 0 Å². The number of hydrogen-bond donors (Lipinski definition) is 3. The second kappa shape index (κ2) is 9.16. The predicted octanol–water partition coefficient (Wildman–Crippen LogP) is 0.697. The fourth-order valence-corrected chi connectivity index (χ4v) is 2.32. The summed E-state index contributed by atoms with van der Waals surface area (Å²) < 4.78 is 0. The van der Waals surface area contributed by atoms with Crippen LogP contribution in [0.1, 0.15) is 44.9 Å². The molecular weight excluding hydrogens is 254 g/mol. The summed E-state index contributed by atoms with van der Waals surface area (Å²) >= 11 is 0. The highest BCUT2D eigenvalue weighted by Crippen LogP contribution is 2.25. The van der Waals surface area contributed by atoms with Crippen LogP contribution in [0.2, 0.25) is 0 Å². The number of hydrogen-bond acceptors (Lipinski definition) is 3. The molecule has 1 fully saturated rings. The van der Waals surface area contributed by atoms with Crippen molar-refractivity contribution < 1.29 is 9.59 Å². The Balaban J connectivity index is 0.00000289. The zero-order chi connectivity index (χ0) is 12.7. The lowest BCUT2D eigenvalue weighted by Gasteiger charge is -2.21. The van der Waals surface area contributed by atoms with E-state index < -0.39 is 11.9 Å². The molecule has 18 heavy (non-hydrogen) atoms. The number of carbonyl (C=O) groups excluding carboxylic acids is 2. The van der Waals surface area contributed by atoms with Gasteiger partial charge < -0.3 is 16.8 Å². The first kappa shape index (κ1) is 17.2. The zero-order valence-corrected chi connectivity index (χ0v) is 11.5. The first-order chi connectivity index (χ1) is 8.09. The van der Waals surface area contributed by atoms with Crippen molar-refractivity contribution in [3.63, 3.8) is 0 Å². The lowest BCUT2D eigenvalue weighted by atomic mass is 9.87. The molecule has 1 atom stereocenters. The van der Waals surface area contributed by atoms with Crippen LogP contribution in [0.25, 0.3) is 0 Å². The molecule has 0 aliphatic heterocycles. The zero-order valence-electron chi connectivity index (χ0n) is 10.7. The molecule has 0 saturated heterocycles. The molecule has 1 saturated carbocycles. The maximum Gasteiger partial charge on any atom is 0.237 e. The van der Waals surface area contributed by atoms with Gasteiger partial charge in [0.1, 0.15) is 0 Å². The van der Waals surface area contributed by atoms with E-state index >= 15 is 0 Å². The number of nitrogens with two attached hydrogens (primary N) is 2. The molecule has 1 unspecified atom stereocenters. The molecule has 0 aromatic carbocycles. The van der Waals surface area contributed by atoms with E-state index in [1.165, 1.54) is 32.1 Å². The van der Waals surface area contributed by atoms with Gasteiger partial charge in [0.15, 0.2) is 0 Å². The number of amides is 2. The summed E-state index contributed by atoms with van der Waals surface area (Å²) in [7, 11) is 0.